The quantitative estimate of drug-likeness (QED) is 0.0827. The van der Waals surface area contributed by atoms with Gasteiger partial charge < -0.3 is 14.2 Å². The summed E-state index contributed by atoms with van der Waals surface area (Å²) in [5, 5.41) is 0. The zero-order valence-electron chi connectivity index (χ0n) is 24.5. The maximum atomic E-state index is 13.2. The molecule has 0 saturated heterocycles. The van der Waals surface area contributed by atoms with Gasteiger partial charge in [0.25, 0.3) is 0 Å². The predicted octanol–water partition coefficient (Wildman–Crippen LogP) is 9.62. The molecular formula is C33H44Br2O6. The van der Waals surface area contributed by atoms with Crippen LogP contribution in [0, 0.1) is 0 Å². The maximum Gasteiger partial charge on any atom is 0.338 e. The standard InChI is InChI=1S/C33H44Br2O6/c1-4-6-7-8-11-14-30(40-32(37)25-16-20-27(34)21-17-25)31(41-33(38)26-18-22-28(35)23-19-26)15-12-9-10-13-29(5-2)39-24(3)36/h16-23,29-31H,4-15H2,1-3H3/t29-,30-,31-/m1/s1. The van der Waals surface area contributed by atoms with E-state index in [0.717, 1.165) is 73.2 Å². The van der Waals surface area contributed by atoms with E-state index in [1.165, 1.54) is 6.92 Å². The fourth-order valence-electron chi connectivity index (χ4n) is 4.65. The third-order valence-electron chi connectivity index (χ3n) is 6.99. The number of carbonyl (C=O) groups is 3. The number of halogens is 2. The van der Waals surface area contributed by atoms with Gasteiger partial charge in [0, 0.05) is 15.9 Å². The van der Waals surface area contributed by atoms with E-state index in [4.69, 9.17) is 14.2 Å². The summed E-state index contributed by atoms with van der Waals surface area (Å²) in [5.74, 6) is -1.11. The summed E-state index contributed by atoms with van der Waals surface area (Å²) in [7, 11) is 0. The molecule has 0 heterocycles. The van der Waals surface area contributed by atoms with Crippen molar-refractivity contribution in [3.8, 4) is 0 Å². The van der Waals surface area contributed by atoms with Gasteiger partial charge in [-0.05, 0) is 93.5 Å². The largest absolute Gasteiger partial charge is 0.463 e. The molecule has 0 unspecified atom stereocenters. The minimum atomic E-state index is -0.577. The highest BCUT2D eigenvalue weighted by molar-refractivity contribution is 9.10. The molecule has 226 valence electrons. The van der Waals surface area contributed by atoms with E-state index in [0.29, 0.717) is 24.0 Å². The first-order valence-electron chi connectivity index (χ1n) is 14.8. The van der Waals surface area contributed by atoms with Crippen LogP contribution in [0.2, 0.25) is 0 Å². The van der Waals surface area contributed by atoms with Crippen molar-refractivity contribution in [2.24, 2.45) is 0 Å². The van der Waals surface area contributed by atoms with Gasteiger partial charge in [-0.2, -0.15) is 0 Å². The molecule has 0 bridgehead atoms. The Bertz CT molecular complexity index is 1050. The van der Waals surface area contributed by atoms with Crippen LogP contribution in [-0.2, 0) is 19.0 Å². The molecule has 0 aromatic heterocycles. The predicted molar refractivity (Wildman–Crippen MR) is 169 cm³/mol. The van der Waals surface area contributed by atoms with E-state index < -0.39 is 24.1 Å². The highest BCUT2D eigenvalue weighted by Crippen LogP contribution is 2.24. The number of unbranched alkanes of at least 4 members (excludes halogenated alkanes) is 6. The van der Waals surface area contributed by atoms with Crippen LogP contribution in [0.4, 0.5) is 0 Å². The molecule has 2 aromatic rings. The number of carbonyl (C=O) groups excluding carboxylic acids is 3. The first-order valence-corrected chi connectivity index (χ1v) is 16.4. The minimum absolute atomic E-state index is 0.0822. The van der Waals surface area contributed by atoms with Crippen molar-refractivity contribution >= 4 is 49.8 Å². The second-order valence-corrected chi connectivity index (χ2v) is 12.2. The lowest BCUT2D eigenvalue weighted by molar-refractivity contribution is -0.146. The Morgan fingerprint density at radius 2 is 1.02 bits per heavy atom. The van der Waals surface area contributed by atoms with Crippen LogP contribution >= 0.6 is 31.9 Å². The molecule has 3 atom stereocenters. The second kappa shape index (κ2) is 19.8. The lowest BCUT2D eigenvalue weighted by atomic mass is 9.98. The molecule has 0 aliphatic carbocycles. The number of hydrogen-bond acceptors (Lipinski definition) is 6. The Kier molecular flexibility index (Phi) is 16.9. The highest BCUT2D eigenvalue weighted by atomic mass is 79.9. The summed E-state index contributed by atoms with van der Waals surface area (Å²) >= 11 is 6.81. The van der Waals surface area contributed by atoms with Gasteiger partial charge in [-0.1, -0.05) is 77.8 Å². The van der Waals surface area contributed by atoms with E-state index in [-0.39, 0.29) is 12.1 Å². The zero-order chi connectivity index (χ0) is 30.0. The van der Waals surface area contributed by atoms with Crippen molar-refractivity contribution in [1.29, 1.82) is 0 Å². The monoisotopic (exact) mass is 694 g/mol. The van der Waals surface area contributed by atoms with Crippen molar-refractivity contribution in [2.45, 2.75) is 116 Å². The molecule has 0 saturated carbocycles. The summed E-state index contributed by atoms with van der Waals surface area (Å²) in [6, 6.07) is 14.1. The van der Waals surface area contributed by atoms with Crippen molar-refractivity contribution < 1.29 is 28.6 Å². The lowest BCUT2D eigenvalue weighted by Crippen LogP contribution is -2.35. The summed E-state index contributed by atoms with van der Waals surface area (Å²) in [6.07, 6.45) is 9.44. The highest BCUT2D eigenvalue weighted by Gasteiger charge is 2.29. The van der Waals surface area contributed by atoms with Crippen LogP contribution in [0.5, 0.6) is 0 Å². The van der Waals surface area contributed by atoms with Crippen molar-refractivity contribution in [1.82, 2.24) is 0 Å². The molecular weight excluding hydrogens is 652 g/mol. The number of esters is 3. The van der Waals surface area contributed by atoms with E-state index in [1.807, 2.05) is 6.92 Å². The topological polar surface area (TPSA) is 78.9 Å². The normalized spacial score (nSPS) is 13.2. The molecule has 0 fully saturated rings. The first-order chi connectivity index (χ1) is 19.7. The van der Waals surface area contributed by atoms with Crippen LogP contribution < -0.4 is 0 Å². The smallest absolute Gasteiger partial charge is 0.338 e. The molecule has 2 aromatic carbocycles. The first kappa shape index (κ1) is 35.0. The van der Waals surface area contributed by atoms with Crippen LogP contribution in [0.1, 0.15) is 119 Å². The van der Waals surface area contributed by atoms with Gasteiger partial charge in [0.2, 0.25) is 0 Å². The molecule has 0 aliphatic heterocycles. The summed E-state index contributed by atoms with van der Waals surface area (Å²) in [4.78, 5) is 37.7. The number of ether oxygens (including phenoxy) is 3. The lowest BCUT2D eigenvalue weighted by Gasteiger charge is -2.27. The average molecular weight is 697 g/mol. The van der Waals surface area contributed by atoms with Gasteiger partial charge in [-0.15, -0.1) is 0 Å². The Hall–Kier alpha value is -2.19. The van der Waals surface area contributed by atoms with Crippen molar-refractivity contribution in [3.05, 3.63) is 68.6 Å². The molecule has 0 amide bonds. The zero-order valence-corrected chi connectivity index (χ0v) is 27.7. The average Bonchev–Trinajstić information content (AvgIpc) is 2.95. The Morgan fingerprint density at radius 1 is 0.610 bits per heavy atom. The second-order valence-electron chi connectivity index (χ2n) is 10.4. The number of hydrogen-bond donors (Lipinski definition) is 0. The summed E-state index contributed by atoms with van der Waals surface area (Å²) < 4.78 is 19.2. The van der Waals surface area contributed by atoms with Crippen LogP contribution in [-0.4, -0.2) is 36.2 Å². The van der Waals surface area contributed by atoms with Gasteiger partial charge in [-0.25, -0.2) is 9.59 Å². The maximum absolute atomic E-state index is 13.2. The third kappa shape index (κ3) is 14.0. The molecule has 2 rings (SSSR count). The van der Waals surface area contributed by atoms with E-state index in [1.54, 1.807) is 48.5 Å². The van der Waals surface area contributed by atoms with E-state index in [9.17, 15) is 14.4 Å². The molecule has 0 radical (unpaired) electrons. The van der Waals surface area contributed by atoms with Gasteiger partial charge in [-0.3, -0.25) is 4.79 Å². The fraction of sp³-hybridized carbons (Fsp3) is 0.545. The van der Waals surface area contributed by atoms with Crippen molar-refractivity contribution in [2.75, 3.05) is 0 Å². The van der Waals surface area contributed by atoms with E-state index in [2.05, 4.69) is 38.8 Å². The molecule has 6 nitrogen and oxygen atoms in total. The Labute approximate surface area is 262 Å². The SMILES string of the molecule is CCCCCCC[C@@H](OC(=O)c1ccc(Br)cc1)[C@@H](CCCCC[C@@H](CC)OC(C)=O)OC(=O)c1ccc(Br)cc1. The van der Waals surface area contributed by atoms with Gasteiger partial charge in [0.15, 0.2) is 0 Å². The van der Waals surface area contributed by atoms with Gasteiger partial charge >= 0.3 is 17.9 Å². The molecule has 8 heteroatoms. The third-order valence-corrected chi connectivity index (χ3v) is 8.04. The Balaban J connectivity index is 2.16. The number of benzene rings is 2. The fourth-order valence-corrected chi connectivity index (χ4v) is 5.18. The van der Waals surface area contributed by atoms with Crippen LogP contribution in [0.15, 0.2) is 57.5 Å². The number of rotatable bonds is 19. The molecule has 0 aliphatic rings. The molecule has 0 spiro atoms. The van der Waals surface area contributed by atoms with Crippen LogP contribution in [0.25, 0.3) is 0 Å². The molecule has 0 N–H and O–H groups in total. The molecule has 41 heavy (non-hydrogen) atoms. The summed E-state index contributed by atoms with van der Waals surface area (Å²) in [6.45, 7) is 5.62. The van der Waals surface area contributed by atoms with Crippen LogP contribution in [0.3, 0.4) is 0 Å². The minimum Gasteiger partial charge on any atom is -0.463 e. The summed E-state index contributed by atoms with van der Waals surface area (Å²) in [5.41, 5.74) is 0.907. The van der Waals surface area contributed by atoms with Gasteiger partial charge in [0.05, 0.1) is 11.1 Å². The van der Waals surface area contributed by atoms with Crippen molar-refractivity contribution in [3.63, 3.8) is 0 Å². The van der Waals surface area contributed by atoms with Gasteiger partial charge in [0.1, 0.15) is 18.3 Å². The Morgan fingerprint density at radius 3 is 1.44 bits per heavy atom. The van der Waals surface area contributed by atoms with E-state index >= 15 is 0 Å².